The average molecular weight is 278 g/mol. The summed E-state index contributed by atoms with van der Waals surface area (Å²) in [6.45, 7) is 0. The van der Waals surface area contributed by atoms with Crippen molar-refractivity contribution in [2.24, 2.45) is 0 Å². The van der Waals surface area contributed by atoms with Gasteiger partial charge in [0.25, 0.3) is 0 Å². The van der Waals surface area contributed by atoms with Crippen LogP contribution in [-0.4, -0.2) is 46.7 Å². The van der Waals surface area contributed by atoms with E-state index in [0.29, 0.717) is 0 Å². The standard InChI is InChI=1S/2Na.2H2O3Si.O3Si/c;;3*1-4(2)3/h;;2*1-2H;/q2*+1;;;-2. The summed E-state index contributed by atoms with van der Waals surface area (Å²) >= 11 is 0. The molecule has 4 N–H and O–H groups in total. The second-order valence-electron chi connectivity index (χ2n) is 0.815. The molecule has 0 fully saturated rings. The van der Waals surface area contributed by atoms with Crippen LogP contribution in [0.25, 0.3) is 0 Å². The molecule has 0 amide bonds. The second kappa shape index (κ2) is 23.6. The van der Waals surface area contributed by atoms with Crippen LogP contribution in [-0.2, 0) is 13.4 Å². The molecule has 0 spiro atoms. The molecule has 0 aromatic rings. The molecule has 14 heteroatoms. The fourth-order valence-corrected chi connectivity index (χ4v) is 0. The van der Waals surface area contributed by atoms with Crippen molar-refractivity contribution in [2.75, 3.05) is 0 Å². The van der Waals surface area contributed by atoms with Gasteiger partial charge >= 0.3 is 77.5 Å². The van der Waals surface area contributed by atoms with Crippen LogP contribution in [0.2, 0.25) is 0 Å². The minimum absolute atomic E-state index is 0. The van der Waals surface area contributed by atoms with Gasteiger partial charge in [0.2, 0.25) is 0 Å². The van der Waals surface area contributed by atoms with Crippen LogP contribution < -0.4 is 68.7 Å². The maximum Gasteiger partial charge on any atom is 1.00 e. The van der Waals surface area contributed by atoms with Gasteiger partial charge < -0.3 is 33.2 Å². The first-order chi connectivity index (χ1) is 5.20. The molecule has 0 aromatic heterocycles. The van der Waals surface area contributed by atoms with Gasteiger partial charge in [0, 0.05) is 9.17 Å². The molecule has 0 rings (SSSR count). The molecule has 0 aliphatic rings. The van der Waals surface area contributed by atoms with Gasteiger partial charge in [0.1, 0.15) is 0 Å². The minimum atomic E-state index is -3.63. The Bertz CT molecular complexity index is 116. The van der Waals surface area contributed by atoms with E-state index in [0.717, 1.165) is 0 Å². The Kier molecular flexibility index (Phi) is 49.4. The van der Waals surface area contributed by atoms with Crippen LogP contribution in [0, 0.1) is 0 Å². The summed E-state index contributed by atoms with van der Waals surface area (Å²) in [4.78, 5) is 45.7. The fraction of sp³-hybridized carbons (Fsp3) is 0. The Morgan fingerprint density at radius 1 is 0.714 bits per heavy atom. The largest absolute Gasteiger partial charge is 1.00 e. The Morgan fingerprint density at radius 3 is 0.714 bits per heavy atom. The summed E-state index contributed by atoms with van der Waals surface area (Å²) in [7, 11) is -9.89. The molecule has 0 saturated carbocycles. The van der Waals surface area contributed by atoms with Crippen LogP contribution in [0.15, 0.2) is 0 Å². The number of hydrogen-bond acceptors (Lipinski definition) is 5. The normalized spacial score (nSPS) is 5.14. The van der Waals surface area contributed by atoms with Gasteiger partial charge in [0.15, 0.2) is 0 Å². The van der Waals surface area contributed by atoms with Crippen molar-refractivity contribution in [2.45, 2.75) is 0 Å². The third kappa shape index (κ3) is 2490. The Morgan fingerprint density at radius 2 is 0.714 bits per heavy atom. The van der Waals surface area contributed by atoms with E-state index in [4.69, 9.17) is 42.2 Å². The van der Waals surface area contributed by atoms with Crippen LogP contribution >= 0.6 is 0 Å². The SMILES string of the molecule is O=[Si](O)O.O=[Si](O)O.O=[Si]([O-])[O-].[Na+].[Na+]. The Balaban J connectivity index is -0.0000000270. The minimum Gasteiger partial charge on any atom is -0.672 e. The third-order valence-corrected chi connectivity index (χ3v) is 0. The van der Waals surface area contributed by atoms with Gasteiger partial charge in [-0.05, 0) is 0 Å². The zero-order valence-corrected chi connectivity index (χ0v) is 14.3. The molecular formula is H4Na2O9Si3. The van der Waals surface area contributed by atoms with Crippen molar-refractivity contribution in [3.05, 3.63) is 0 Å². The summed E-state index contributed by atoms with van der Waals surface area (Å²) < 4.78 is 26.0. The first-order valence-corrected chi connectivity index (χ1v) is 5.75. The molecular weight excluding hydrogens is 274 g/mol. The smallest absolute Gasteiger partial charge is 0.672 e. The second-order valence-corrected chi connectivity index (χ2v) is 2.45. The van der Waals surface area contributed by atoms with Crippen molar-refractivity contribution in [1.82, 2.24) is 0 Å². The summed E-state index contributed by atoms with van der Waals surface area (Å²) in [5.41, 5.74) is 0. The molecule has 0 bridgehead atoms. The van der Waals surface area contributed by atoms with E-state index in [9.17, 15) is 0 Å². The van der Waals surface area contributed by atoms with E-state index in [1.165, 1.54) is 0 Å². The van der Waals surface area contributed by atoms with E-state index in [1.54, 1.807) is 0 Å². The molecule has 72 valence electrons. The molecule has 0 radical (unpaired) electrons. The van der Waals surface area contributed by atoms with Crippen molar-refractivity contribution >= 4 is 27.5 Å². The van der Waals surface area contributed by atoms with E-state index >= 15 is 0 Å². The number of rotatable bonds is 0. The molecule has 0 aromatic carbocycles. The first-order valence-electron chi connectivity index (χ1n) is 1.92. The number of hydrogen-bond donors (Lipinski definition) is 4. The van der Waals surface area contributed by atoms with Gasteiger partial charge in [-0.1, -0.05) is 0 Å². The molecule has 9 nitrogen and oxygen atoms in total. The summed E-state index contributed by atoms with van der Waals surface area (Å²) in [6, 6.07) is 0. The van der Waals surface area contributed by atoms with Crippen molar-refractivity contribution < 1.29 is 101 Å². The average Bonchev–Trinajstić information content (AvgIpc) is 1.54. The van der Waals surface area contributed by atoms with E-state index in [2.05, 4.69) is 0 Å². The van der Waals surface area contributed by atoms with Crippen molar-refractivity contribution in [3.8, 4) is 0 Å². The fourth-order valence-electron chi connectivity index (χ4n) is 0. The molecule has 0 saturated heterocycles. The Hall–Kier alpha value is 0.851. The van der Waals surface area contributed by atoms with Crippen molar-refractivity contribution in [1.29, 1.82) is 0 Å². The van der Waals surface area contributed by atoms with Crippen LogP contribution in [0.3, 0.4) is 0 Å². The zero-order chi connectivity index (χ0) is 10.7. The summed E-state index contributed by atoms with van der Waals surface area (Å²) in [5.74, 6) is 0. The molecule has 14 heavy (non-hydrogen) atoms. The van der Waals surface area contributed by atoms with E-state index < -0.39 is 27.5 Å². The van der Waals surface area contributed by atoms with Gasteiger partial charge in [-0.2, -0.15) is 0 Å². The van der Waals surface area contributed by atoms with Gasteiger partial charge in [-0.15, -0.1) is 0 Å². The topological polar surface area (TPSA) is 178 Å². The molecule has 0 unspecified atom stereocenters. The van der Waals surface area contributed by atoms with Crippen LogP contribution in [0.4, 0.5) is 0 Å². The van der Waals surface area contributed by atoms with Crippen LogP contribution in [0.5, 0.6) is 0 Å². The molecule has 0 atom stereocenters. The quantitative estimate of drug-likeness (QED) is 0.313. The van der Waals surface area contributed by atoms with Crippen molar-refractivity contribution in [3.63, 3.8) is 0 Å². The van der Waals surface area contributed by atoms with E-state index in [1.807, 2.05) is 0 Å². The first kappa shape index (κ1) is 29.4. The molecule has 0 aliphatic carbocycles. The molecule has 0 heterocycles. The maximum absolute atomic E-state index is 8.74. The third-order valence-electron chi connectivity index (χ3n) is 0. The zero-order valence-electron chi connectivity index (χ0n) is 7.33. The maximum atomic E-state index is 8.74. The monoisotopic (exact) mass is 278 g/mol. The summed E-state index contributed by atoms with van der Waals surface area (Å²) in [6.07, 6.45) is 0. The predicted molar refractivity (Wildman–Crippen MR) is 28.2 cm³/mol. The Labute approximate surface area is 127 Å². The van der Waals surface area contributed by atoms with Crippen LogP contribution in [0.1, 0.15) is 0 Å². The molecule has 0 aliphatic heterocycles. The van der Waals surface area contributed by atoms with E-state index in [-0.39, 0.29) is 59.1 Å². The van der Waals surface area contributed by atoms with Gasteiger partial charge in [-0.3, -0.25) is 8.92 Å². The van der Waals surface area contributed by atoms with Gasteiger partial charge in [-0.25, -0.2) is 0 Å². The van der Waals surface area contributed by atoms with Gasteiger partial charge in [0.05, 0.1) is 0 Å². The predicted octanol–water partition coefficient (Wildman–Crippen LogP) is -12.1. The summed E-state index contributed by atoms with van der Waals surface area (Å²) in [5, 5.41) is 0.